The second kappa shape index (κ2) is 6.62. The monoisotopic (exact) mass is 333 g/mol. The van der Waals surface area contributed by atoms with Gasteiger partial charge in [0.15, 0.2) is 5.82 Å². The van der Waals surface area contributed by atoms with Gasteiger partial charge in [-0.1, -0.05) is 23.4 Å². The Morgan fingerprint density at radius 1 is 1.67 bits per heavy atom. The van der Waals surface area contributed by atoms with Gasteiger partial charge in [-0.3, -0.25) is 4.79 Å². The van der Waals surface area contributed by atoms with Crippen LogP contribution < -0.4 is 5.73 Å². The number of methoxy groups -OCH3 is 1. The van der Waals surface area contributed by atoms with Crippen LogP contribution in [0.3, 0.4) is 0 Å². The summed E-state index contributed by atoms with van der Waals surface area (Å²) in [6.45, 7) is 0. The number of benzene rings is 1. The molecule has 0 aliphatic carbocycles. The van der Waals surface area contributed by atoms with Crippen molar-refractivity contribution in [2.24, 2.45) is 0 Å². The number of carbonyl (C=O) groups is 1. The first-order chi connectivity index (χ1) is 8.47. The molecule has 0 fully saturated rings. The molecular formula is C12H10BrClFNO2. The van der Waals surface area contributed by atoms with E-state index in [9.17, 15) is 9.18 Å². The van der Waals surface area contributed by atoms with Crippen LogP contribution in [0.1, 0.15) is 18.4 Å². The molecule has 0 saturated heterocycles. The van der Waals surface area contributed by atoms with Crippen LogP contribution >= 0.6 is 27.5 Å². The molecule has 0 spiro atoms. The van der Waals surface area contributed by atoms with E-state index in [2.05, 4.69) is 32.5 Å². The van der Waals surface area contributed by atoms with Gasteiger partial charge in [-0.05, 0) is 22.0 Å². The quantitative estimate of drug-likeness (QED) is 0.391. The molecule has 18 heavy (non-hydrogen) atoms. The predicted octanol–water partition coefficient (Wildman–Crippen LogP) is 3.13. The molecule has 0 unspecified atom stereocenters. The molecule has 6 heteroatoms. The van der Waals surface area contributed by atoms with E-state index >= 15 is 0 Å². The van der Waals surface area contributed by atoms with Crippen LogP contribution in [-0.4, -0.2) is 13.1 Å². The van der Waals surface area contributed by atoms with Crippen LogP contribution in [-0.2, 0) is 9.53 Å². The smallest absolute Gasteiger partial charge is 0.306 e. The molecule has 0 aliphatic heterocycles. The van der Waals surface area contributed by atoms with E-state index in [1.165, 1.54) is 13.2 Å². The summed E-state index contributed by atoms with van der Waals surface area (Å²) in [7, 11) is 1.30. The number of esters is 1. The molecule has 0 aromatic heterocycles. The van der Waals surface area contributed by atoms with E-state index in [4.69, 9.17) is 17.3 Å². The second-order valence-electron chi connectivity index (χ2n) is 3.33. The fourth-order valence-corrected chi connectivity index (χ4v) is 2.06. The van der Waals surface area contributed by atoms with Crippen molar-refractivity contribution in [1.82, 2.24) is 0 Å². The van der Waals surface area contributed by atoms with Crippen molar-refractivity contribution in [3.63, 3.8) is 0 Å². The van der Waals surface area contributed by atoms with Gasteiger partial charge in [0.2, 0.25) is 0 Å². The van der Waals surface area contributed by atoms with Gasteiger partial charge in [-0.15, -0.1) is 0 Å². The maximum atomic E-state index is 13.4. The average molecular weight is 335 g/mol. The van der Waals surface area contributed by atoms with E-state index in [0.717, 1.165) is 0 Å². The lowest BCUT2D eigenvalue weighted by molar-refractivity contribution is -0.140. The van der Waals surface area contributed by atoms with E-state index in [1.54, 1.807) is 0 Å². The maximum Gasteiger partial charge on any atom is 0.306 e. The van der Waals surface area contributed by atoms with Crippen LogP contribution in [0.25, 0.3) is 0 Å². The third-order valence-electron chi connectivity index (χ3n) is 2.08. The number of hydrogen-bond donors (Lipinski definition) is 1. The Morgan fingerprint density at radius 2 is 2.33 bits per heavy atom. The lowest BCUT2D eigenvalue weighted by Crippen LogP contribution is -1.98. The minimum absolute atomic E-state index is 0.0491. The fraction of sp³-hybridized carbons (Fsp3) is 0.250. The highest BCUT2D eigenvalue weighted by atomic mass is 79.9. The van der Waals surface area contributed by atoms with Crippen LogP contribution in [0, 0.1) is 17.7 Å². The number of ether oxygens (including phenoxy) is 1. The van der Waals surface area contributed by atoms with Crippen molar-refractivity contribution in [2.75, 3.05) is 12.8 Å². The Kier molecular flexibility index (Phi) is 5.45. The molecule has 0 atom stereocenters. The predicted molar refractivity (Wildman–Crippen MR) is 71.7 cm³/mol. The van der Waals surface area contributed by atoms with Gasteiger partial charge in [0.1, 0.15) is 0 Å². The van der Waals surface area contributed by atoms with Gasteiger partial charge < -0.3 is 10.5 Å². The topological polar surface area (TPSA) is 52.3 Å². The van der Waals surface area contributed by atoms with E-state index in [1.807, 2.05) is 0 Å². The van der Waals surface area contributed by atoms with Gasteiger partial charge in [0.25, 0.3) is 0 Å². The summed E-state index contributed by atoms with van der Waals surface area (Å²) in [4.78, 5) is 10.9. The first kappa shape index (κ1) is 14.8. The zero-order valence-corrected chi connectivity index (χ0v) is 11.9. The van der Waals surface area contributed by atoms with Gasteiger partial charge >= 0.3 is 5.97 Å². The van der Waals surface area contributed by atoms with Crippen molar-refractivity contribution in [2.45, 2.75) is 12.8 Å². The second-order valence-corrected chi connectivity index (χ2v) is 4.56. The molecule has 96 valence electrons. The Balaban J connectivity index is 2.89. The zero-order valence-electron chi connectivity index (χ0n) is 9.52. The van der Waals surface area contributed by atoms with E-state index in [-0.39, 0.29) is 23.1 Å². The fourth-order valence-electron chi connectivity index (χ4n) is 1.15. The lowest BCUT2D eigenvalue weighted by atomic mass is 10.2. The number of nitrogens with two attached hydrogens (primary N) is 1. The van der Waals surface area contributed by atoms with Crippen molar-refractivity contribution < 1.29 is 13.9 Å². The summed E-state index contributed by atoms with van der Waals surface area (Å²) in [5.74, 6) is 4.37. The molecule has 0 heterocycles. The van der Waals surface area contributed by atoms with Gasteiger partial charge in [-0.2, -0.15) is 0 Å². The molecule has 3 nitrogen and oxygen atoms in total. The molecule has 1 aromatic carbocycles. The summed E-state index contributed by atoms with van der Waals surface area (Å²) in [6, 6.07) is 1.39. The van der Waals surface area contributed by atoms with Crippen LogP contribution in [0.4, 0.5) is 10.1 Å². The van der Waals surface area contributed by atoms with Crippen molar-refractivity contribution in [3.05, 3.63) is 26.9 Å². The molecule has 1 aromatic rings. The first-order valence-electron chi connectivity index (χ1n) is 4.96. The van der Waals surface area contributed by atoms with Gasteiger partial charge in [0, 0.05) is 10.9 Å². The van der Waals surface area contributed by atoms with Crippen LogP contribution in [0.5, 0.6) is 0 Å². The lowest BCUT2D eigenvalue weighted by Gasteiger charge is -2.04. The summed E-state index contributed by atoms with van der Waals surface area (Å²) in [5, 5.41) is -0.132. The van der Waals surface area contributed by atoms with Crippen molar-refractivity contribution >= 4 is 39.2 Å². The molecule has 0 saturated carbocycles. The Labute approximate surface area is 118 Å². The first-order valence-corrected chi connectivity index (χ1v) is 6.13. The summed E-state index contributed by atoms with van der Waals surface area (Å²) < 4.78 is 18.4. The minimum Gasteiger partial charge on any atom is -0.469 e. The molecule has 2 N–H and O–H groups in total. The molecule has 0 amide bonds. The molecule has 1 rings (SSSR count). The number of rotatable bonds is 2. The van der Waals surface area contributed by atoms with Gasteiger partial charge in [0.05, 0.1) is 29.8 Å². The van der Waals surface area contributed by atoms with Crippen molar-refractivity contribution in [1.29, 1.82) is 0 Å². The highest BCUT2D eigenvalue weighted by Crippen LogP contribution is 2.30. The highest BCUT2D eigenvalue weighted by molar-refractivity contribution is 9.10. The zero-order chi connectivity index (χ0) is 13.7. The largest absolute Gasteiger partial charge is 0.469 e. The number of halogens is 3. The summed E-state index contributed by atoms with van der Waals surface area (Å²) >= 11 is 8.99. The summed E-state index contributed by atoms with van der Waals surface area (Å²) in [6.07, 6.45) is 0.484. The number of nitrogen functional groups attached to an aromatic ring is 1. The average Bonchev–Trinajstić information content (AvgIpc) is 2.34. The Morgan fingerprint density at radius 3 is 2.94 bits per heavy atom. The number of carbonyl (C=O) groups excluding carboxylic acids is 1. The van der Waals surface area contributed by atoms with E-state index < -0.39 is 5.82 Å². The Bertz CT molecular complexity index is 537. The molecule has 0 aliphatic rings. The van der Waals surface area contributed by atoms with Crippen LogP contribution in [0.15, 0.2) is 10.5 Å². The maximum absolute atomic E-state index is 13.4. The molecule has 0 bridgehead atoms. The van der Waals surface area contributed by atoms with Crippen LogP contribution in [0.2, 0.25) is 5.02 Å². The normalized spacial score (nSPS) is 9.56. The third-order valence-corrected chi connectivity index (χ3v) is 3.06. The van der Waals surface area contributed by atoms with Crippen molar-refractivity contribution in [3.8, 4) is 11.8 Å². The molecule has 0 radical (unpaired) electrons. The summed E-state index contributed by atoms with van der Waals surface area (Å²) in [5.41, 5.74) is 5.67. The Hall–Kier alpha value is -1.25. The van der Waals surface area contributed by atoms with E-state index in [0.29, 0.717) is 16.5 Å². The number of anilines is 1. The number of hydrogen-bond acceptors (Lipinski definition) is 3. The third kappa shape index (κ3) is 3.62. The SMILES string of the molecule is COC(=O)CCC#Cc1c(Br)cc(N)c(F)c1Cl. The van der Waals surface area contributed by atoms with Gasteiger partial charge in [-0.25, -0.2) is 4.39 Å². The standard InChI is InChI=1S/C12H10BrClFNO2/c1-18-10(17)5-3-2-4-7-8(13)6-9(16)12(15)11(7)14/h6H,3,5,16H2,1H3. The molecular weight excluding hydrogens is 324 g/mol. The minimum atomic E-state index is -0.697. The highest BCUT2D eigenvalue weighted by Gasteiger charge is 2.12.